The van der Waals surface area contributed by atoms with Crippen LogP contribution in [-0.2, 0) is 0 Å². The summed E-state index contributed by atoms with van der Waals surface area (Å²) >= 11 is 0. The second-order valence-electron chi connectivity index (χ2n) is 7.94. The third-order valence-electron chi connectivity index (χ3n) is 5.35. The Morgan fingerprint density at radius 2 is 1.41 bits per heavy atom. The first kappa shape index (κ1) is 23.9. The molecule has 1 aromatic rings. The zero-order valence-electron chi connectivity index (χ0n) is 17.5. The molecule has 1 rings (SSSR count). The average Bonchev–Trinajstić information content (AvgIpc) is 2.67. The van der Waals surface area contributed by atoms with E-state index in [2.05, 4.69) is 19.2 Å². The summed E-state index contributed by atoms with van der Waals surface area (Å²) < 4.78 is 0. The van der Waals surface area contributed by atoms with Crippen molar-refractivity contribution in [2.45, 2.75) is 103 Å². The van der Waals surface area contributed by atoms with Gasteiger partial charge in [-0.3, -0.25) is 0 Å². The summed E-state index contributed by atoms with van der Waals surface area (Å²) in [4.78, 5) is 0. The van der Waals surface area contributed by atoms with Gasteiger partial charge in [0.2, 0.25) is 0 Å². The van der Waals surface area contributed by atoms with Crippen molar-refractivity contribution < 1.29 is 10.2 Å². The molecule has 0 saturated heterocycles. The molecule has 0 amide bonds. The molecule has 0 saturated carbocycles. The Kier molecular flexibility index (Phi) is 13.2. The van der Waals surface area contributed by atoms with Gasteiger partial charge in [0.25, 0.3) is 0 Å². The van der Waals surface area contributed by atoms with Crippen LogP contribution in [0.25, 0.3) is 0 Å². The predicted molar refractivity (Wildman–Crippen MR) is 116 cm³/mol. The van der Waals surface area contributed by atoms with Crippen LogP contribution in [-0.4, -0.2) is 28.9 Å². The molecule has 0 radical (unpaired) electrons. The van der Waals surface area contributed by atoms with Crippen LogP contribution >= 0.6 is 0 Å². The third kappa shape index (κ3) is 10.7. The molecule has 0 aliphatic carbocycles. The van der Waals surface area contributed by atoms with Crippen molar-refractivity contribution >= 4 is 5.69 Å². The zero-order chi connectivity index (χ0) is 19.9. The van der Waals surface area contributed by atoms with Gasteiger partial charge in [-0.2, -0.15) is 0 Å². The van der Waals surface area contributed by atoms with Crippen LogP contribution in [0.2, 0.25) is 0 Å². The molecule has 1 aromatic carbocycles. The lowest BCUT2D eigenvalue weighted by Crippen LogP contribution is -2.43. The van der Waals surface area contributed by atoms with E-state index in [1.54, 1.807) is 12.1 Å². The minimum Gasteiger partial charge on any atom is -0.399 e. The zero-order valence-corrected chi connectivity index (χ0v) is 17.5. The number of nitrogens with one attached hydrogen (secondary N) is 1. The average molecular weight is 379 g/mol. The van der Waals surface area contributed by atoms with Crippen LogP contribution in [0.15, 0.2) is 24.3 Å². The van der Waals surface area contributed by atoms with Gasteiger partial charge in [0.15, 0.2) is 0 Å². The summed E-state index contributed by atoms with van der Waals surface area (Å²) in [5.41, 5.74) is 7.15. The van der Waals surface area contributed by atoms with Gasteiger partial charge in [-0.05, 0) is 31.0 Å². The Labute approximate surface area is 166 Å². The number of hydrogen-bond donors (Lipinski definition) is 4. The molecule has 156 valence electrons. The SMILES string of the molecule is CCCCCCCCCCCCC(C)NC(CO)C(O)c1ccc(N)cc1. The van der Waals surface area contributed by atoms with Gasteiger partial charge >= 0.3 is 0 Å². The van der Waals surface area contributed by atoms with Gasteiger partial charge in [0.05, 0.1) is 18.8 Å². The smallest absolute Gasteiger partial charge is 0.0965 e. The van der Waals surface area contributed by atoms with E-state index in [4.69, 9.17) is 5.73 Å². The minimum absolute atomic E-state index is 0.0894. The Morgan fingerprint density at radius 3 is 1.93 bits per heavy atom. The van der Waals surface area contributed by atoms with Crippen LogP contribution in [0, 0.1) is 0 Å². The molecule has 0 fully saturated rings. The lowest BCUT2D eigenvalue weighted by molar-refractivity contribution is 0.0836. The van der Waals surface area contributed by atoms with E-state index in [0.717, 1.165) is 12.0 Å². The fourth-order valence-corrected chi connectivity index (χ4v) is 3.56. The van der Waals surface area contributed by atoms with E-state index in [1.807, 2.05) is 12.1 Å². The number of benzene rings is 1. The van der Waals surface area contributed by atoms with Crippen molar-refractivity contribution in [2.24, 2.45) is 0 Å². The molecule has 4 nitrogen and oxygen atoms in total. The number of rotatable bonds is 16. The number of hydrogen-bond acceptors (Lipinski definition) is 4. The molecule has 0 heterocycles. The molecule has 3 unspecified atom stereocenters. The largest absolute Gasteiger partial charge is 0.399 e. The predicted octanol–water partition coefficient (Wildman–Crippen LogP) is 4.95. The lowest BCUT2D eigenvalue weighted by atomic mass is 10.0. The molecule has 27 heavy (non-hydrogen) atoms. The maximum absolute atomic E-state index is 10.5. The Morgan fingerprint density at radius 1 is 0.889 bits per heavy atom. The van der Waals surface area contributed by atoms with Gasteiger partial charge in [0.1, 0.15) is 0 Å². The second kappa shape index (κ2) is 14.9. The Balaban J connectivity index is 2.15. The van der Waals surface area contributed by atoms with E-state index in [1.165, 1.54) is 64.2 Å². The van der Waals surface area contributed by atoms with E-state index >= 15 is 0 Å². The summed E-state index contributed by atoms with van der Waals surface area (Å²) in [7, 11) is 0. The van der Waals surface area contributed by atoms with Crippen LogP contribution in [0.5, 0.6) is 0 Å². The maximum Gasteiger partial charge on any atom is 0.0965 e. The second-order valence-corrected chi connectivity index (χ2v) is 7.94. The van der Waals surface area contributed by atoms with E-state index in [9.17, 15) is 10.2 Å². The normalized spacial score (nSPS) is 14.8. The molecule has 3 atom stereocenters. The molecular weight excluding hydrogens is 336 g/mol. The highest BCUT2D eigenvalue weighted by atomic mass is 16.3. The molecule has 5 N–H and O–H groups in total. The van der Waals surface area contributed by atoms with Gasteiger partial charge in [0, 0.05) is 11.7 Å². The highest BCUT2D eigenvalue weighted by molar-refractivity contribution is 5.40. The summed E-state index contributed by atoms with van der Waals surface area (Å²) in [6, 6.07) is 7.11. The van der Waals surface area contributed by atoms with Crippen molar-refractivity contribution in [1.82, 2.24) is 5.32 Å². The monoisotopic (exact) mass is 378 g/mol. The van der Waals surface area contributed by atoms with Gasteiger partial charge in [-0.15, -0.1) is 0 Å². The van der Waals surface area contributed by atoms with Gasteiger partial charge in [-0.1, -0.05) is 83.3 Å². The minimum atomic E-state index is -0.731. The van der Waals surface area contributed by atoms with E-state index in [0.29, 0.717) is 5.69 Å². The molecule has 0 aliphatic heterocycles. The van der Waals surface area contributed by atoms with Gasteiger partial charge in [-0.25, -0.2) is 0 Å². The Hall–Kier alpha value is -1.10. The standard InChI is InChI=1S/C23H42N2O2/c1-3-4-5-6-7-8-9-10-11-12-13-19(2)25-22(18-26)23(27)20-14-16-21(24)17-15-20/h14-17,19,22-23,25-27H,3-13,18,24H2,1-2H3. The fourth-order valence-electron chi connectivity index (χ4n) is 3.56. The molecule has 4 heteroatoms. The fraction of sp³-hybridized carbons (Fsp3) is 0.739. The van der Waals surface area contributed by atoms with Crippen molar-refractivity contribution in [1.29, 1.82) is 0 Å². The highest BCUT2D eigenvalue weighted by Gasteiger charge is 2.21. The number of anilines is 1. The summed E-state index contributed by atoms with van der Waals surface area (Å²) in [5, 5.41) is 23.5. The quantitative estimate of drug-likeness (QED) is 0.242. The number of aliphatic hydroxyl groups excluding tert-OH is 2. The van der Waals surface area contributed by atoms with Crippen LogP contribution < -0.4 is 11.1 Å². The highest BCUT2D eigenvalue weighted by Crippen LogP contribution is 2.19. The maximum atomic E-state index is 10.5. The Bertz CT molecular complexity index is 464. The van der Waals surface area contributed by atoms with Crippen molar-refractivity contribution in [3.8, 4) is 0 Å². The first-order valence-electron chi connectivity index (χ1n) is 11.0. The summed E-state index contributed by atoms with van der Waals surface area (Å²) in [6.07, 6.45) is 13.7. The lowest BCUT2D eigenvalue weighted by Gasteiger charge is -2.26. The van der Waals surface area contributed by atoms with Crippen molar-refractivity contribution in [3.05, 3.63) is 29.8 Å². The molecule has 0 bridgehead atoms. The number of aliphatic hydroxyl groups is 2. The summed E-state index contributed by atoms with van der Waals surface area (Å²) in [5.74, 6) is 0. The molecule has 0 aliphatic rings. The van der Waals surface area contributed by atoms with Crippen molar-refractivity contribution in [3.63, 3.8) is 0 Å². The van der Waals surface area contributed by atoms with Gasteiger partial charge < -0.3 is 21.3 Å². The topological polar surface area (TPSA) is 78.5 Å². The molecule has 0 spiro atoms. The van der Waals surface area contributed by atoms with Crippen LogP contribution in [0.3, 0.4) is 0 Å². The first-order valence-corrected chi connectivity index (χ1v) is 11.0. The van der Waals surface area contributed by atoms with E-state index < -0.39 is 6.10 Å². The third-order valence-corrected chi connectivity index (χ3v) is 5.35. The van der Waals surface area contributed by atoms with Crippen molar-refractivity contribution in [2.75, 3.05) is 12.3 Å². The molecule has 0 aromatic heterocycles. The molecular formula is C23H42N2O2. The van der Waals surface area contributed by atoms with E-state index in [-0.39, 0.29) is 18.7 Å². The van der Waals surface area contributed by atoms with Crippen LogP contribution in [0.1, 0.15) is 96.1 Å². The number of nitrogen functional groups attached to an aromatic ring is 1. The van der Waals surface area contributed by atoms with Crippen LogP contribution in [0.4, 0.5) is 5.69 Å². The number of nitrogens with two attached hydrogens (primary N) is 1. The number of unbranched alkanes of at least 4 members (excludes halogenated alkanes) is 9. The summed E-state index contributed by atoms with van der Waals surface area (Å²) in [6.45, 7) is 4.30. The first-order chi connectivity index (χ1) is 13.1.